The summed E-state index contributed by atoms with van der Waals surface area (Å²) in [6.07, 6.45) is 2.23. The van der Waals surface area contributed by atoms with Crippen molar-refractivity contribution < 1.29 is 9.59 Å². The smallest absolute Gasteiger partial charge is 0.160 e. The van der Waals surface area contributed by atoms with Gasteiger partial charge in [-0.3, -0.25) is 14.5 Å². The normalized spacial score (nSPS) is 18.0. The maximum Gasteiger partial charge on any atom is 0.160 e. The Hall–Kier alpha value is -1.00. The van der Waals surface area contributed by atoms with Gasteiger partial charge in [0.2, 0.25) is 0 Å². The number of nitrogens with zero attached hydrogens (tertiary/aromatic N) is 1. The summed E-state index contributed by atoms with van der Waals surface area (Å²) in [6, 6.07) is 1.92. The van der Waals surface area contributed by atoms with Crippen molar-refractivity contribution in [2.24, 2.45) is 0 Å². The fourth-order valence-corrected chi connectivity index (χ4v) is 2.46. The van der Waals surface area contributed by atoms with Gasteiger partial charge in [-0.1, -0.05) is 0 Å². The van der Waals surface area contributed by atoms with E-state index in [2.05, 4.69) is 4.90 Å². The van der Waals surface area contributed by atoms with Crippen molar-refractivity contribution >= 4 is 23.4 Å². The van der Waals surface area contributed by atoms with Gasteiger partial charge in [0.1, 0.15) is 5.78 Å². The number of hydrogen-bond acceptors (Lipinski definition) is 4. The zero-order chi connectivity index (χ0) is 10.7. The second kappa shape index (κ2) is 4.68. The van der Waals surface area contributed by atoms with Crippen molar-refractivity contribution in [3.05, 3.63) is 21.9 Å². The summed E-state index contributed by atoms with van der Waals surface area (Å²) < 4.78 is 0. The Balaban J connectivity index is 1.91. The van der Waals surface area contributed by atoms with E-state index in [-0.39, 0.29) is 0 Å². The molecule has 1 saturated heterocycles. The Morgan fingerprint density at radius 1 is 1.40 bits per heavy atom. The van der Waals surface area contributed by atoms with Gasteiger partial charge in [-0.25, -0.2) is 0 Å². The highest BCUT2D eigenvalue weighted by molar-refractivity contribution is 7.11. The number of carbonyl (C=O) groups excluding carboxylic acids is 2. The van der Waals surface area contributed by atoms with E-state index in [0.29, 0.717) is 18.6 Å². The van der Waals surface area contributed by atoms with E-state index in [1.165, 1.54) is 16.9 Å². The Morgan fingerprint density at radius 3 is 2.73 bits per heavy atom. The number of Topliss-reactive ketones (excluding diaryl/α,β-unsaturated/α-hetero) is 1. The molecule has 1 fully saturated rings. The van der Waals surface area contributed by atoms with E-state index in [1.54, 1.807) is 0 Å². The lowest BCUT2D eigenvalue weighted by molar-refractivity contribution is -0.121. The molecule has 15 heavy (non-hydrogen) atoms. The minimum absolute atomic E-state index is 0.366. The molecule has 1 aliphatic heterocycles. The molecule has 0 aromatic carbocycles. The summed E-state index contributed by atoms with van der Waals surface area (Å²) in [5.41, 5.74) is 1.18. The van der Waals surface area contributed by atoms with Crippen molar-refractivity contribution in [2.75, 3.05) is 13.1 Å². The minimum atomic E-state index is 0.366. The topological polar surface area (TPSA) is 37.4 Å². The minimum Gasteiger partial charge on any atom is -0.300 e. The van der Waals surface area contributed by atoms with Crippen LogP contribution in [0.5, 0.6) is 0 Å². The number of hydrogen-bond donors (Lipinski definition) is 0. The average Bonchev–Trinajstić information content (AvgIpc) is 2.69. The van der Waals surface area contributed by atoms with Gasteiger partial charge in [0.15, 0.2) is 6.29 Å². The first kappa shape index (κ1) is 10.5. The van der Waals surface area contributed by atoms with Crippen LogP contribution in [0.4, 0.5) is 0 Å². The summed E-state index contributed by atoms with van der Waals surface area (Å²) in [5.74, 6) is 0.366. The Kier molecular flexibility index (Phi) is 3.28. The number of rotatable bonds is 3. The molecular weight excluding hydrogens is 210 g/mol. The number of piperidine rings is 1. The van der Waals surface area contributed by atoms with Crippen LogP contribution in [-0.2, 0) is 11.3 Å². The molecule has 0 bridgehead atoms. The van der Waals surface area contributed by atoms with Crippen molar-refractivity contribution in [1.29, 1.82) is 0 Å². The number of ketones is 1. The summed E-state index contributed by atoms with van der Waals surface area (Å²) in [7, 11) is 0. The van der Waals surface area contributed by atoms with Crippen LogP contribution < -0.4 is 0 Å². The zero-order valence-electron chi connectivity index (χ0n) is 8.44. The summed E-state index contributed by atoms with van der Waals surface area (Å²) in [6.45, 7) is 2.56. The quantitative estimate of drug-likeness (QED) is 0.732. The SMILES string of the molecule is O=Cc1cc(CN2CCC(=O)CC2)cs1. The van der Waals surface area contributed by atoms with Crippen LogP contribution in [0.2, 0.25) is 0 Å². The summed E-state index contributed by atoms with van der Waals surface area (Å²) in [4.78, 5) is 24.6. The van der Waals surface area contributed by atoms with Crippen molar-refractivity contribution in [3.8, 4) is 0 Å². The van der Waals surface area contributed by atoms with Gasteiger partial charge >= 0.3 is 0 Å². The Bertz CT molecular complexity index is 362. The van der Waals surface area contributed by atoms with Gasteiger partial charge in [0, 0.05) is 32.5 Å². The third-order valence-corrected chi connectivity index (χ3v) is 3.52. The third kappa shape index (κ3) is 2.73. The predicted molar refractivity (Wildman–Crippen MR) is 59.2 cm³/mol. The molecular formula is C11H13NO2S. The molecule has 0 aliphatic carbocycles. The molecule has 0 amide bonds. The van der Waals surface area contributed by atoms with Crippen molar-refractivity contribution in [3.63, 3.8) is 0 Å². The molecule has 0 N–H and O–H groups in total. The zero-order valence-corrected chi connectivity index (χ0v) is 9.26. The molecule has 1 aromatic heterocycles. The maximum atomic E-state index is 11.0. The van der Waals surface area contributed by atoms with Crippen LogP contribution in [0.15, 0.2) is 11.4 Å². The lowest BCUT2D eigenvalue weighted by Crippen LogP contribution is -2.33. The van der Waals surface area contributed by atoms with Crippen LogP contribution >= 0.6 is 11.3 Å². The van der Waals surface area contributed by atoms with Crippen molar-refractivity contribution in [1.82, 2.24) is 4.90 Å². The Labute approximate surface area is 92.7 Å². The molecule has 80 valence electrons. The second-order valence-corrected chi connectivity index (χ2v) is 4.73. The number of thiophene rings is 1. The van der Waals surface area contributed by atoms with Crippen LogP contribution in [-0.4, -0.2) is 30.1 Å². The molecule has 2 heterocycles. The molecule has 0 saturated carbocycles. The van der Waals surface area contributed by atoms with Gasteiger partial charge < -0.3 is 0 Å². The molecule has 1 aliphatic rings. The molecule has 1 aromatic rings. The largest absolute Gasteiger partial charge is 0.300 e. The first-order valence-corrected chi connectivity index (χ1v) is 5.92. The molecule has 3 nitrogen and oxygen atoms in total. The highest BCUT2D eigenvalue weighted by atomic mass is 32.1. The fourth-order valence-electron chi connectivity index (χ4n) is 1.76. The number of carbonyl (C=O) groups is 2. The van der Waals surface area contributed by atoms with E-state index in [4.69, 9.17) is 0 Å². The molecule has 0 radical (unpaired) electrons. The third-order valence-electron chi connectivity index (χ3n) is 2.61. The molecule has 0 spiro atoms. The standard InChI is InChI=1S/C11H13NO2S/c13-7-11-5-9(8-15-11)6-12-3-1-10(14)2-4-12/h5,7-8H,1-4,6H2. The molecule has 0 unspecified atom stereocenters. The molecule has 4 heteroatoms. The lowest BCUT2D eigenvalue weighted by atomic mass is 10.1. The lowest BCUT2D eigenvalue weighted by Gasteiger charge is -2.25. The van der Waals surface area contributed by atoms with Crippen LogP contribution in [0, 0.1) is 0 Å². The van der Waals surface area contributed by atoms with E-state index >= 15 is 0 Å². The first-order valence-electron chi connectivity index (χ1n) is 5.04. The van der Waals surface area contributed by atoms with E-state index in [0.717, 1.165) is 30.8 Å². The van der Waals surface area contributed by atoms with Crippen molar-refractivity contribution in [2.45, 2.75) is 19.4 Å². The fraction of sp³-hybridized carbons (Fsp3) is 0.455. The predicted octanol–water partition coefficient (Wildman–Crippen LogP) is 1.73. The number of aldehydes is 1. The molecule has 2 rings (SSSR count). The van der Waals surface area contributed by atoms with Crippen LogP contribution in [0.25, 0.3) is 0 Å². The van der Waals surface area contributed by atoms with Gasteiger partial charge in [-0.05, 0) is 17.0 Å². The maximum absolute atomic E-state index is 11.0. The van der Waals surface area contributed by atoms with Gasteiger partial charge in [0.05, 0.1) is 4.88 Å². The average molecular weight is 223 g/mol. The van der Waals surface area contributed by atoms with E-state index in [9.17, 15) is 9.59 Å². The Morgan fingerprint density at radius 2 is 2.13 bits per heavy atom. The first-order chi connectivity index (χ1) is 7.28. The van der Waals surface area contributed by atoms with Gasteiger partial charge in [-0.15, -0.1) is 11.3 Å². The molecule has 0 atom stereocenters. The van der Waals surface area contributed by atoms with Crippen LogP contribution in [0.1, 0.15) is 28.1 Å². The highest BCUT2D eigenvalue weighted by Gasteiger charge is 2.16. The van der Waals surface area contributed by atoms with E-state index in [1.807, 2.05) is 11.4 Å². The van der Waals surface area contributed by atoms with Gasteiger partial charge in [0.25, 0.3) is 0 Å². The monoisotopic (exact) mass is 223 g/mol. The summed E-state index contributed by atoms with van der Waals surface area (Å²) in [5, 5.41) is 2.01. The van der Waals surface area contributed by atoms with Gasteiger partial charge in [-0.2, -0.15) is 0 Å². The van der Waals surface area contributed by atoms with E-state index < -0.39 is 0 Å². The second-order valence-electron chi connectivity index (χ2n) is 3.79. The summed E-state index contributed by atoms with van der Waals surface area (Å²) >= 11 is 1.48. The number of likely N-dealkylation sites (tertiary alicyclic amines) is 1. The van der Waals surface area contributed by atoms with Crippen LogP contribution in [0.3, 0.4) is 0 Å². The highest BCUT2D eigenvalue weighted by Crippen LogP contribution is 2.16.